The average molecular weight is 539 g/mol. The molecule has 0 aliphatic heterocycles. The second kappa shape index (κ2) is 9.75. The van der Waals surface area contributed by atoms with E-state index in [0.717, 1.165) is 29.7 Å². The maximum Gasteiger partial charge on any atom is 0.135 e. The standard InChI is InChI=1S/C41H30O/c1-3-11-34-32(4-2)40(30-20-18-26-12-5-7-14-28(26)22-30)37-25-39-35(33-16-9-10-17-38(33)42-39)24-36(37)41(34)31-21-19-27-13-6-8-15-29(27)23-31/h3-9,11-16,18-25H,2,10,17H2,1H3/b11-3-. The molecule has 7 aromatic rings. The van der Waals surface area contributed by atoms with Crippen LogP contribution < -0.4 is 0 Å². The Kier molecular flexibility index (Phi) is 5.72. The van der Waals surface area contributed by atoms with Crippen molar-refractivity contribution >= 4 is 61.5 Å². The van der Waals surface area contributed by atoms with Crippen molar-refractivity contribution in [3.05, 3.63) is 138 Å². The van der Waals surface area contributed by atoms with E-state index in [-0.39, 0.29) is 0 Å². The highest BCUT2D eigenvalue weighted by Gasteiger charge is 2.23. The molecule has 42 heavy (non-hydrogen) atoms. The molecule has 8 rings (SSSR count). The summed E-state index contributed by atoms with van der Waals surface area (Å²) in [5, 5.41) is 8.52. The number of hydrogen-bond donors (Lipinski definition) is 0. The van der Waals surface area contributed by atoms with Gasteiger partial charge in [-0.15, -0.1) is 0 Å². The van der Waals surface area contributed by atoms with E-state index in [1.165, 1.54) is 71.1 Å². The summed E-state index contributed by atoms with van der Waals surface area (Å²) in [6.07, 6.45) is 12.9. The number of fused-ring (bicyclic) bond motifs is 6. The summed E-state index contributed by atoms with van der Waals surface area (Å²) in [4.78, 5) is 0. The molecule has 0 amide bonds. The fourth-order valence-corrected chi connectivity index (χ4v) is 6.83. The van der Waals surface area contributed by atoms with Crippen LogP contribution in [0.4, 0.5) is 0 Å². The summed E-state index contributed by atoms with van der Waals surface area (Å²) >= 11 is 0. The number of rotatable bonds is 4. The van der Waals surface area contributed by atoms with Crippen LogP contribution in [-0.2, 0) is 6.42 Å². The Hall–Kier alpha value is -5.14. The first-order chi connectivity index (χ1) is 20.7. The lowest BCUT2D eigenvalue weighted by Crippen LogP contribution is -1.97. The van der Waals surface area contributed by atoms with Gasteiger partial charge in [-0.05, 0) is 103 Å². The molecule has 0 fully saturated rings. The van der Waals surface area contributed by atoms with Gasteiger partial charge in [-0.1, -0.05) is 110 Å². The molecule has 1 heteroatoms. The second-order valence-corrected chi connectivity index (χ2v) is 11.2. The van der Waals surface area contributed by atoms with Gasteiger partial charge >= 0.3 is 0 Å². The molecule has 1 aliphatic rings. The molecule has 0 spiro atoms. The fourth-order valence-electron chi connectivity index (χ4n) is 6.83. The lowest BCUT2D eigenvalue weighted by molar-refractivity contribution is 0.546. The number of benzene rings is 6. The van der Waals surface area contributed by atoms with Gasteiger partial charge in [0.1, 0.15) is 11.3 Å². The van der Waals surface area contributed by atoms with Gasteiger partial charge in [0.15, 0.2) is 0 Å². The molecule has 0 N–H and O–H groups in total. The largest absolute Gasteiger partial charge is 0.460 e. The van der Waals surface area contributed by atoms with E-state index < -0.39 is 0 Å². The van der Waals surface area contributed by atoms with Crippen molar-refractivity contribution in [3.63, 3.8) is 0 Å². The summed E-state index contributed by atoms with van der Waals surface area (Å²) < 4.78 is 6.52. The lowest BCUT2D eigenvalue weighted by Gasteiger charge is -2.21. The molecule has 1 aromatic heterocycles. The van der Waals surface area contributed by atoms with Crippen LogP contribution in [0.3, 0.4) is 0 Å². The minimum Gasteiger partial charge on any atom is -0.460 e. The molecule has 200 valence electrons. The van der Waals surface area contributed by atoms with E-state index in [1.807, 2.05) is 6.08 Å². The van der Waals surface area contributed by atoms with E-state index in [9.17, 15) is 0 Å². The molecular weight excluding hydrogens is 508 g/mol. The van der Waals surface area contributed by atoms with Crippen molar-refractivity contribution in [2.75, 3.05) is 0 Å². The molecular formula is C41H30O. The molecule has 1 heterocycles. The van der Waals surface area contributed by atoms with Crippen molar-refractivity contribution in [2.45, 2.75) is 19.8 Å². The van der Waals surface area contributed by atoms with Gasteiger partial charge < -0.3 is 4.42 Å². The van der Waals surface area contributed by atoms with Crippen molar-refractivity contribution in [3.8, 4) is 22.3 Å². The average Bonchev–Trinajstić information content (AvgIpc) is 3.40. The van der Waals surface area contributed by atoms with Gasteiger partial charge in [-0.25, -0.2) is 0 Å². The summed E-state index contributed by atoms with van der Waals surface area (Å²) in [6.45, 7) is 6.46. The predicted octanol–water partition coefficient (Wildman–Crippen LogP) is 11.9. The quantitative estimate of drug-likeness (QED) is 0.217. The Balaban J connectivity index is 1.56. The molecule has 0 radical (unpaired) electrons. The van der Waals surface area contributed by atoms with Crippen LogP contribution >= 0.6 is 0 Å². The van der Waals surface area contributed by atoms with E-state index in [2.05, 4.69) is 135 Å². The third kappa shape index (κ3) is 3.78. The first-order valence-corrected chi connectivity index (χ1v) is 14.7. The molecule has 0 saturated heterocycles. The van der Waals surface area contributed by atoms with E-state index in [4.69, 9.17) is 4.42 Å². The van der Waals surface area contributed by atoms with Crippen LogP contribution in [0.25, 0.3) is 83.8 Å². The van der Waals surface area contributed by atoms with Crippen molar-refractivity contribution < 1.29 is 4.42 Å². The first kappa shape index (κ1) is 24.6. The smallest absolute Gasteiger partial charge is 0.135 e. The van der Waals surface area contributed by atoms with Crippen LogP contribution in [0, 0.1) is 0 Å². The maximum absolute atomic E-state index is 6.52. The molecule has 1 nitrogen and oxygen atoms in total. The second-order valence-electron chi connectivity index (χ2n) is 11.2. The van der Waals surface area contributed by atoms with Crippen LogP contribution in [0.2, 0.25) is 0 Å². The molecule has 0 saturated carbocycles. The monoisotopic (exact) mass is 538 g/mol. The Bertz CT molecular complexity index is 2270. The minimum atomic E-state index is 0.938. The van der Waals surface area contributed by atoms with Crippen molar-refractivity contribution in [2.24, 2.45) is 0 Å². The SMILES string of the molecule is C=Cc1c(/C=C\C)c(-c2ccc3ccccc3c2)c2cc3c4c(oc3cc2c1-c1ccc2ccccc2c1)CCC=C4. The first-order valence-electron chi connectivity index (χ1n) is 14.7. The summed E-state index contributed by atoms with van der Waals surface area (Å²) in [5.41, 5.74) is 9.28. The van der Waals surface area contributed by atoms with Gasteiger partial charge in [0.25, 0.3) is 0 Å². The number of allylic oxidation sites excluding steroid dienone is 2. The van der Waals surface area contributed by atoms with Crippen LogP contribution in [0.15, 0.2) is 120 Å². The molecule has 0 unspecified atom stereocenters. The zero-order valence-corrected chi connectivity index (χ0v) is 23.7. The van der Waals surface area contributed by atoms with Gasteiger partial charge in [0.2, 0.25) is 0 Å². The topological polar surface area (TPSA) is 13.1 Å². The van der Waals surface area contributed by atoms with Gasteiger partial charge in [-0.3, -0.25) is 0 Å². The zero-order valence-electron chi connectivity index (χ0n) is 23.7. The fraction of sp³-hybridized carbons (Fsp3) is 0.0732. The molecule has 6 aromatic carbocycles. The maximum atomic E-state index is 6.52. The molecule has 1 aliphatic carbocycles. The predicted molar refractivity (Wildman–Crippen MR) is 182 cm³/mol. The highest BCUT2D eigenvalue weighted by atomic mass is 16.3. The van der Waals surface area contributed by atoms with Crippen LogP contribution in [0.5, 0.6) is 0 Å². The summed E-state index contributed by atoms with van der Waals surface area (Å²) in [5.74, 6) is 1.08. The van der Waals surface area contributed by atoms with E-state index in [0.29, 0.717) is 0 Å². The summed E-state index contributed by atoms with van der Waals surface area (Å²) in [7, 11) is 0. The Morgan fingerprint density at radius 1 is 0.667 bits per heavy atom. The van der Waals surface area contributed by atoms with Crippen LogP contribution in [-0.4, -0.2) is 0 Å². The molecule has 0 bridgehead atoms. The van der Waals surface area contributed by atoms with E-state index in [1.54, 1.807) is 0 Å². The molecule has 0 atom stereocenters. The number of aryl methyl sites for hydroxylation is 1. The van der Waals surface area contributed by atoms with Gasteiger partial charge in [-0.2, -0.15) is 0 Å². The third-order valence-corrected chi connectivity index (χ3v) is 8.75. The van der Waals surface area contributed by atoms with Gasteiger partial charge in [0, 0.05) is 17.4 Å². The Morgan fingerprint density at radius 2 is 1.29 bits per heavy atom. The minimum absolute atomic E-state index is 0.938. The number of furan rings is 1. The lowest BCUT2D eigenvalue weighted by atomic mass is 9.82. The normalized spacial score (nSPS) is 13.1. The van der Waals surface area contributed by atoms with Crippen LogP contribution in [0.1, 0.15) is 35.8 Å². The Morgan fingerprint density at radius 3 is 1.93 bits per heavy atom. The van der Waals surface area contributed by atoms with Crippen molar-refractivity contribution in [1.29, 1.82) is 0 Å². The highest BCUT2D eigenvalue weighted by molar-refractivity contribution is 6.16. The third-order valence-electron chi connectivity index (χ3n) is 8.75. The summed E-state index contributed by atoms with van der Waals surface area (Å²) in [6, 6.07) is 35.4. The highest BCUT2D eigenvalue weighted by Crippen LogP contribution is 2.47. The van der Waals surface area contributed by atoms with Crippen molar-refractivity contribution in [1.82, 2.24) is 0 Å². The zero-order chi connectivity index (χ0) is 28.2. The Labute approximate surface area is 245 Å². The van der Waals surface area contributed by atoms with Gasteiger partial charge in [0.05, 0.1) is 0 Å². The number of hydrogen-bond acceptors (Lipinski definition) is 1. The van der Waals surface area contributed by atoms with E-state index >= 15 is 0 Å².